The first-order chi connectivity index (χ1) is 11.4. The van der Waals surface area contributed by atoms with Gasteiger partial charge in [-0.05, 0) is 55.3 Å². The molecule has 3 saturated heterocycles. The van der Waals surface area contributed by atoms with Crippen molar-refractivity contribution in [3.8, 4) is 0 Å². The van der Waals surface area contributed by atoms with E-state index in [0.717, 1.165) is 49.9 Å². The fourth-order valence-corrected chi connectivity index (χ4v) is 5.22. The highest BCUT2D eigenvalue weighted by Gasteiger charge is 2.36. The Labute approximate surface area is 142 Å². The summed E-state index contributed by atoms with van der Waals surface area (Å²) in [5.41, 5.74) is -0.646. The molecular weight excluding hydrogens is 335 g/mol. The van der Waals surface area contributed by atoms with Gasteiger partial charge in [-0.1, -0.05) is 12.1 Å². The van der Waals surface area contributed by atoms with E-state index in [2.05, 4.69) is 4.90 Å². The number of nitrogens with zero attached hydrogens (tertiary/aromatic N) is 1. The first-order valence-electron chi connectivity index (χ1n) is 8.27. The number of thiophene rings is 1. The Hall–Kier alpha value is -1.40. The van der Waals surface area contributed by atoms with Crippen molar-refractivity contribution in [2.45, 2.75) is 25.4 Å². The molecule has 2 bridgehead atoms. The van der Waals surface area contributed by atoms with E-state index in [4.69, 9.17) is 0 Å². The van der Waals surface area contributed by atoms with E-state index in [-0.39, 0.29) is 10.5 Å². The summed E-state index contributed by atoms with van der Waals surface area (Å²) in [7, 11) is 0. The predicted octanol–water partition coefficient (Wildman–Crippen LogP) is 4.83. The number of halogens is 3. The summed E-state index contributed by atoms with van der Waals surface area (Å²) in [5, 5.41) is 0.507. The third-order valence-electron chi connectivity index (χ3n) is 5.36. The van der Waals surface area contributed by atoms with Crippen LogP contribution in [-0.4, -0.2) is 30.3 Å². The molecular formula is C18H18F3NOS. The molecule has 6 heteroatoms. The monoisotopic (exact) mass is 353 g/mol. The molecule has 2 aromatic rings. The highest BCUT2D eigenvalue weighted by molar-refractivity contribution is 7.21. The number of benzene rings is 1. The van der Waals surface area contributed by atoms with Gasteiger partial charge in [0.25, 0.3) is 0 Å². The van der Waals surface area contributed by atoms with Crippen molar-refractivity contribution in [2.24, 2.45) is 11.8 Å². The number of Topliss-reactive ketones (excluding diaryl/α,β-unsaturated/α-hetero) is 1. The van der Waals surface area contributed by atoms with Crippen LogP contribution in [0.3, 0.4) is 0 Å². The number of hydrogen-bond acceptors (Lipinski definition) is 3. The second kappa shape index (κ2) is 5.85. The first kappa shape index (κ1) is 16.1. The van der Waals surface area contributed by atoms with Gasteiger partial charge in [-0.25, -0.2) is 0 Å². The number of rotatable bonds is 3. The Balaban J connectivity index is 1.59. The van der Waals surface area contributed by atoms with Crippen LogP contribution in [0.25, 0.3) is 10.1 Å². The molecule has 0 unspecified atom stereocenters. The quantitative estimate of drug-likeness (QED) is 0.736. The van der Waals surface area contributed by atoms with Crippen LogP contribution in [0.2, 0.25) is 0 Å². The SMILES string of the molecule is O=C(C[C@H]1CN2CCC1CC2)c1cc2cccc(C(F)(F)F)c2s1. The van der Waals surface area contributed by atoms with Crippen molar-refractivity contribution in [1.82, 2.24) is 4.90 Å². The van der Waals surface area contributed by atoms with Crippen molar-refractivity contribution in [3.63, 3.8) is 0 Å². The van der Waals surface area contributed by atoms with Crippen molar-refractivity contribution in [3.05, 3.63) is 34.7 Å². The number of carbonyl (C=O) groups is 1. The number of hydrogen-bond donors (Lipinski definition) is 0. The molecule has 0 N–H and O–H groups in total. The second-order valence-corrected chi connectivity index (χ2v) is 7.91. The minimum atomic E-state index is -4.39. The number of fused-ring (bicyclic) bond motifs is 4. The fraction of sp³-hybridized carbons (Fsp3) is 0.500. The number of carbonyl (C=O) groups excluding carboxylic acids is 1. The molecule has 1 aromatic heterocycles. The van der Waals surface area contributed by atoms with Crippen LogP contribution in [0.1, 0.15) is 34.5 Å². The average molecular weight is 353 g/mol. The second-order valence-electron chi connectivity index (χ2n) is 6.86. The molecule has 24 heavy (non-hydrogen) atoms. The lowest BCUT2D eigenvalue weighted by molar-refractivity contribution is -0.136. The number of piperidine rings is 3. The van der Waals surface area contributed by atoms with Gasteiger partial charge in [0.05, 0.1) is 10.4 Å². The highest BCUT2D eigenvalue weighted by Crippen LogP contribution is 2.40. The Morgan fingerprint density at radius 2 is 2.00 bits per heavy atom. The van der Waals surface area contributed by atoms with Gasteiger partial charge in [0.2, 0.25) is 0 Å². The molecule has 128 valence electrons. The Morgan fingerprint density at radius 1 is 1.25 bits per heavy atom. The van der Waals surface area contributed by atoms with Crippen LogP contribution < -0.4 is 0 Å². The zero-order valence-corrected chi connectivity index (χ0v) is 13.9. The first-order valence-corrected chi connectivity index (χ1v) is 9.09. The zero-order chi connectivity index (χ0) is 16.9. The predicted molar refractivity (Wildman–Crippen MR) is 88.4 cm³/mol. The van der Waals surface area contributed by atoms with Gasteiger partial charge < -0.3 is 4.90 Å². The minimum absolute atomic E-state index is 0.0110. The van der Waals surface area contributed by atoms with Crippen molar-refractivity contribution < 1.29 is 18.0 Å². The Morgan fingerprint density at radius 3 is 2.62 bits per heavy atom. The Bertz CT molecular complexity index is 774. The minimum Gasteiger partial charge on any atom is -0.303 e. The van der Waals surface area contributed by atoms with E-state index in [0.29, 0.717) is 28.5 Å². The fourth-order valence-electron chi connectivity index (χ4n) is 4.08. The zero-order valence-electron chi connectivity index (χ0n) is 13.1. The maximum atomic E-state index is 13.1. The standard InChI is InChI=1S/C18H18F3NOS/c19-18(20,21)14-3-1-2-12-9-16(24-17(12)14)15(23)8-13-10-22-6-4-11(13)5-7-22/h1-3,9,11,13H,4-8,10H2/t13-/m0/s1. The lowest BCUT2D eigenvalue weighted by Gasteiger charge is -2.44. The number of ketones is 1. The topological polar surface area (TPSA) is 20.3 Å². The van der Waals surface area contributed by atoms with Crippen molar-refractivity contribution in [1.29, 1.82) is 0 Å². The van der Waals surface area contributed by atoms with E-state index < -0.39 is 11.7 Å². The van der Waals surface area contributed by atoms with Crippen LogP contribution in [-0.2, 0) is 6.18 Å². The van der Waals surface area contributed by atoms with E-state index in [9.17, 15) is 18.0 Å². The summed E-state index contributed by atoms with van der Waals surface area (Å²) in [6.45, 7) is 3.19. The summed E-state index contributed by atoms with van der Waals surface area (Å²) in [4.78, 5) is 15.5. The normalized spacial score (nSPS) is 26.9. The van der Waals surface area contributed by atoms with E-state index in [1.54, 1.807) is 12.1 Å². The molecule has 0 radical (unpaired) electrons. The molecule has 0 spiro atoms. The van der Waals surface area contributed by atoms with Crippen LogP contribution in [0.15, 0.2) is 24.3 Å². The van der Waals surface area contributed by atoms with Gasteiger partial charge in [-0.15, -0.1) is 11.3 Å². The molecule has 5 rings (SSSR count). The molecule has 3 fully saturated rings. The summed E-state index contributed by atoms with van der Waals surface area (Å²) in [6, 6.07) is 5.76. The van der Waals surface area contributed by atoms with E-state index >= 15 is 0 Å². The third kappa shape index (κ3) is 2.86. The lowest BCUT2D eigenvalue weighted by Crippen LogP contribution is -2.47. The van der Waals surface area contributed by atoms with Crippen LogP contribution in [0.4, 0.5) is 13.2 Å². The smallest absolute Gasteiger partial charge is 0.303 e. The van der Waals surface area contributed by atoms with Crippen LogP contribution >= 0.6 is 11.3 Å². The molecule has 0 aliphatic carbocycles. The molecule has 0 saturated carbocycles. The summed E-state index contributed by atoms with van der Waals surface area (Å²) in [5.74, 6) is 0.939. The largest absolute Gasteiger partial charge is 0.417 e. The van der Waals surface area contributed by atoms with Crippen LogP contribution in [0, 0.1) is 11.8 Å². The molecule has 1 atom stereocenters. The molecule has 0 amide bonds. The summed E-state index contributed by atoms with van der Waals surface area (Å²) in [6.07, 6.45) is -1.65. The van der Waals surface area contributed by atoms with Gasteiger partial charge in [0.1, 0.15) is 0 Å². The summed E-state index contributed by atoms with van der Waals surface area (Å²) >= 11 is 0.984. The number of alkyl halides is 3. The molecule has 2 nitrogen and oxygen atoms in total. The maximum Gasteiger partial charge on any atom is 0.417 e. The molecule has 3 aliphatic rings. The van der Waals surface area contributed by atoms with E-state index in [1.165, 1.54) is 6.07 Å². The van der Waals surface area contributed by atoms with Gasteiger partial charge in [-0.2, -0.15) is 13.2 Å². The van der Waals surface area contributed by atoms with Crippen molar-refractivity contribution >= 4 is 27.2 Å². The Kier molecular flexibility index (Phi) is 3.92. The average Bonchev–Trinajstić information content (AvgIpc) is 2.99. The van der Waals surface area contributed by atoms with Gasteiger partial charge in [0.15, 0.2) is 5.78 Å². The third-order valence-corrected chi connectivity index (χ3v) is 6.59. The maximum absolute atomic E-state index is 13.1. The summed E-state index contributed by atoms with van der Waals surface area (Å²) < 4.78 is 39.5. The van der Waals surface area contributed by atoms with Crippen molar-refractivity contribution in [2.75, 3.05) is 19.6 Å². The molecule has 1 aromatic carbocycles. The van der Waals surface area contributed by atoms with Gasteiger partial charge >= 0.3 is 6.18 Å². The molecule has 4 heterocycles. The van der Waals surface area contributed by atoms with Gasteiger partial charge in [0, 0.05) is 17.7 Å². The van der Waals surface area contributed by atoms with E-state index in [1.807, 2.05) is 0 Å². The molecule has 3 aliphatic heterocycles. The highest BCUT2D eigenvalue weighted by atomic mass is 32.1. The van der Waals surface area contributed by atoms with Crippen LogP contribution in [0.5, 0.6) is 0 Å². The lowest BCUT2D eigenvalue weighted by atomic mass is 9.76. The van der Waals surface area contributed by atoms with Gasteiger partial charge in [-0.3, -0.25) is 4.79 Å².